The molecule has 1 heterocycles. The zero-order valence-electron chi connectivity index (χ0n) is 16.8. The summed E-state index contributed by atoms with van der Waals surface area (Å²) in [7, 11) is -2.19. The van der Waals surface area contributed by atoms with Crippen molar-refractivity contribution in [1.82, 2.24) is 19.8 Å². The first-order valence-electron chi connectivity index (χ1n) is 9.45. The van der Waals surface area contributed by atoms with E-state index in [1.54, 1.807) is 18.2 Å². The van der Waals surface area contributed by atoms with E-state index in [-0.39, 0.29) is 11.4 Å². The van der Waals surface area contributed by atoms with Gasteiger partial charge in [-0.25, -0.2) is 18.1 Å². The lowest BCUT2D eigenvalue weighted by Crippen LogP contribution is -2.56. The Morgan fingerprint density at radius 3 is 2.45 bits per heavy atom. The fraction of sp³-hybridized carbons (Fsp3) is 0.611. The molecule has 1 saturated heterocycles. The largest absolute Gasteiger partial charge is 0.403 e. The van der Waals surface area contributed by atoms with E-state index in [0.29, 0.717) is 38.7 Å². The Morgan fingerprint density at radius 1 is 1.24 bits per heavy atom. The summed E-state index contributed by atoms with van der Waals surface area (Å²) in [5.41, 5.74) is 0.723. The molecule has 7 nitrogen and oxygen atoms in total. The highest BCUT2D eigenvalue weighted by molar-refractivity contribution is 7.89. The van der Waals surface area contributed by atoms with Gasteiger partial charge in [-0.15, -0.1) is 0 Å². The maximum atomic E-state index is 12.9. The van der Waals surface area contributed by atoms with Crippen molar-refractivity contribution in [1.29, 1.82) is 0 Å². The minimum Gasteiger partial charge on any atom is -0.357 e. The third-order valence-corrected chi connectivity index (χ3v) is 6.27. The normalized spacial score (nSPS) is 18.0. The lowest BCUT2D eigenvalue weighted by atomic mass is 10.2. The summed E-state index contributed by atoms with van der Waals surface area (Å²) in [5.74, 6) is 0.605. The van der Waals surface area contributed by atoms with E-state index in [1.165, 1.54) is 24.9 Å². The first kappa shape index (κ1) is 23.4. The fourth-order valence-corrected chi connectivity index (χ4v) is 3.85. The summed E-state index contributed by atoms with van der Waals surface area (Å²) in [5, 5.41) is 3.16. The molecule has 164 valence electrons. The Hall–Kier alpha value is -1.85. The Bertz CT molecular complexity index is 806. The number of hydrogen-bond donors (Lipinski definition) is 2. The van der Waals surface area contributed by atoms with Crippen LogP contribution in [0.4, 0.5) is 13.2 Å². The lowest BCUT2D eigenvalue weighted by molar-refractivity contribution is -0.181. The third kappa shape index (κ3) is 6.31. The molecule has 29 heavy (non-hydrogen) atoms. The second kappa shape index (κ2) is 9.77. The maximum absolute atomic E-state index is 12.9. The van der Waals surface area contributed by atoms with Gasteiger partial charge in [0.25, 0.3) is 0 Å². The van der Waals surface area contributed by atoms with Gasteiger partial charge in [0, 0.05) is 32.7 Å². The highest BCUT2D eigenvalue weighted by atomic mass is 32.2. The molecule has 1 fully saturated rings. The number of piperazine rings is 1. The van der Waals surface area contributed by atoms with Gasteiger partial charge in [0.1, 0.15) is 6.04 Å². The molecule has 2 N–H and O–H groups in total. The lowest BCUT2D eigenvalue weighted by Gasteiger charge is -2.39. The molecular weight excluding hydrogens is 407 g/mol. The Labute approximate surface area is 170 Å². The molecule has 11 heteroatoms. The van der Waals surface area contributed by atoms with Crippen LogP contribution < -0.4 is 10.0 Å². The highest BCUT2D eigenvalue weighted by Crippen LogP contribution is 2.25. The molecule has 0 aromatic heterocycles. The third-order valence-electron chi connectivity index (χ3n) is 4.86. The van der Waals surface area contributed by atoms with Crippen LogP contribution in [0.5, 0.6) is 0 Å². The van der Waals surface area contributed by atoms with Crippen molar-refractivity contribution in [3.63, 3.8) is 0 Å². The van der Waals surface area contributed by atoms with Crippen molar-refractivity contribution in [2.75, 3.05) is 39.8 Å². The zero-order chi connectivity index (χ0) is 21.7. The summed E-state index contributed by atoms with van der Waals surface area (Å²) in [4.78, 5) is 8.06. The highest BCUT2D eigenvalue weighted by Gasteiger charge is 2.41. The van der Waals surface area contributed by atoms with E-state index in [9.17, 15) is 21.6 Å². The van der Waals surface area contributed by atoms with Crippen molar-refractivity contribution >= 4 is 16.0 Å². The van der Waals surface area contributed by atoms with Crippen molar-refractivity contribution in [3.05, 3.63) is 29.8 Å². The average molecular weight is 436 g/mol. The fourth-order valence-electron chi connectivity index (χ4n) is 3.05. The Kier molecular flexibility index (Phi) is 7.89. The van der Waals surface area contributed by atoms with Gasteiger partial charge in [0.2, 0.25) is 10.0 Å². The molecule has 1 unspecified atom stereocenters. The van der Waals surface area contributed by atoms with Gasteiger partial charge in [0.15, 0.2) is 5.96 Å². The SMILES string of the molecule is CCNC(=NCc1cccc(S(=O)(=O)NC)c1)N1CCN(C(C)C(F)(F)F)CC1. The van der Waals surface area contributed by atoms with Crippen LogP contribution in [0.1, 0.15) is 19.4 Å². The topological polar surface area (TPSA) is 77.0 Å². The van der Waals surface area contributed by atoms with Gasteiger partial charge in [0.05, 0.1) is 11.4 Å². The molecule has 2 rings (SSSR count). The molecule has 0 bridgehead atoms. The van der Waals surface area contributed by atoms with Crippen LogP contribution in [0.15, 0.2) is 34.2 Å². The predicted molar refractivity (Wildman–Crippen MR) is 106 cm³/mol. The number of rotatable bonds is 6. The quantitative estimate of drug-likeness (QED) is 0.525. The molecule has 0 aliphatic carbocycles. The monoisotopic (exact) mass is 435 g/mol. The molecule has 0 saturated carbocycles. The number of benzene rings is 1. The number of nitrogens with zero attached hydrogens (tertiary/aromatic N) is 3. The van der Waals surface area contributed by atoms with E-state index >= 15 is 0 Å². The van der Waals surface area contributed by atoms with Crippen LogP contribution in [0, 0.1) is 0 Å². The van der Waals surface area contributed by atoms with Crippen LogP contribution >= 0.6 is 0 Å². The summed E-state index contributed by atoms with van der Waals surface area (Å²) in [6.07, 6.45) is -4.24. The van der Waals surface area contributed by atoms with E-state index in [2.05, 4.69) is 15.0 Å². The van der Waals surface area contributed by atoms with E-state index < -0.39 is 22.2 Å². The summed E-state index contributed by atoms with van der Waals surface area (Å²) in [6, 6.07) is 5.03. The molecular formula is C18H28F3N5O2S. The molecule has 1 aliphatic rings. The van der Waals surface area contributed by atoms with Crippen molar-refractivity contribution in [2.24, 2.45) is 4.99 Å². The van der Waals surface area contributed by atoms with Gasteiger partial charge < -0.3 is 10.2 Å². The van der Waals surface area contributed by atoms with Gasteiger partial charge in [-0.2, -0.15) is 13.2 Å². The van der Waals surface area contributed by atoms with Crippen LogP contribution in [0.2, 0.25) is 0 Å². The Balaban J connectivity index is 2.07. The predicted octanol–water partition coefficient (Wildman–Crippen LogP) is 1.63. The number of alkyl halides is 3. The van der Waals surface area contributed by atoms with E-state index in [1.807, 2.05) is 11.8 Å². The van der Waals surface area contributed by atoms with Gasteiger partial charge in [-0.05, 0) is 38.6 Å². The van der Waals surface area contributed by atoms with Crippen LogP contribution in [-0.2, 0) is 16.6 Å². The summed E-state index contributed by atoms with van der Waals surface area (Å²) < 4.78 is 64.9. The summed E-state index contributed by atoms with van der Waals surface area (Å²) >= 11 is 0. The number of guanidine groups is 1. The minimum absolute atomic E-state index is 0.160. The van der Waals surface area contributed by atoms with Crippen LogP contribution in [0.3, 0.4) is 0 Å². The zero-order valence-corrected chi connectivity index (χ0v) is 17.6. The second-order valence-corrected chi connectivity index (χ2v) is 8.65. The molecule has 1 aromatic carbocycles. The van der Waals surface area contributed by atoms with Gasteiger partial charge in [-0.3, -0.25) is 4.90 Å². The Morgan fingerprint density at radius 2 is 1.90 bits per heavy atom. The number of sulfonamides is 1. The smallest absolute Gasteiger partial charge is 0.357 e. The molecule has 1 aromatic rings. The average Bonchev–Trinajstić information content (AvgIpc) is 2.70. The minimum atomic E-state index is -4.24. The molecule has 0 amide bonds. The number of hydrogen-bond acceptors (Lipinski definition) is 4. The summed E-state index contributed by atoms with van der Waals surface area (Å²) in [6.45, 7) is 5.42. The molecule has 0 spiro atoms. The van der Waals surface area contributed by atoms with E-state index in [4.69, 9.17) is 0 Å². The van der Waals surface area contributed by atoms with Crippen LogP contribution in [0.25, 0.3) is 0 Å². The van der Waals surface area contributed by atoms with Crippen molar-refractivity contribution in [2.45, 2.75) is 37.5 Å². The van der Waals surface area contributed by atoms with Crippen molar-refractivity contribution < 1.29 is 21.6 Å². The second-order valence-electron chi connectivity index (χ2n) is 6.77. The molecule has 0 radical (unpaired) electrons. The van der Waals surface area contributed by atoms with E-state index in [0.717, 1.165) is 5.56 Å². The number of nitrogens with one attached hydrogen (secondary N) is 2. The van der Waals surface area contributed by atoms with Crippen LogP contribution in [-0.4, -0.2) is 76.2 Å². The molecule has 1 atom stereocenters. The standard InChI is InChI=1S/C18H28F3N5O2S/c1-4-23-17(26-10-8-25(9-11-26)14(2)18(19,20)21)24-13-15-6-5-7-16(12-15)29(27,28)22-3/h5-7,12,14,22H,4,8-11,13H2,1-3H3,(H,23,24). The maximum Gasteiger partial charge on any atom is 0.403 e. The van der Waals surface area contributed by atoms with Crippen molar-refractivity contribution in [3.8, 4) is 0 Å². The first-order chi connectivity index (χ1) is 13.6. The first-order valence-corrected chi connectivity index (χ1v) is 10.9. The number of halogens is 3. The number of aliphatic imine (C=N–C) groups is 1. The molecule has 1 aliphatic heterocycles. The van der Waals surface area contributed by atoms with Gasteiger partial charge in [-0.1, -0.05) is 12.1 Å². The van der Waals surface area contributed by atoms with Gasteiger partial charge >= 0.3 is 6.18 Å².